The van der Waals surface area contributed by atoms with E-state index < -0.39 is 4.92 Å². The van der Waals surface area contributed by atoms with Crippen LogP contribution in [0, 0.1) is 17.0 Å². The number of benzene rings is 1. The lowest BCUT2D eigenvalue weighted by Crippen LogP contribution is -2.26. The van der Waals surface area contributed by atoms with Crippen molar-refractivity contribution in [3.63, 3.8) is 0 Å². The van der Waals surface area contributed by atoms with Crippen LogP contribution in [-0.2, 0) is 0 Å². The molecule has 0 aliphatic heterocycles. The van der Waals surface area contributed by atoms with Crippen LogP contribution < -0.4 is 15.5 Å². The molecule has 138 valence electrons. The molecule has 26 heavy (non-hydrogen) atoms. The van der Waals surface area contributed by atoms with Gasteiger partial charge in [0.2, 0.25) is 11.8 Å². The Bertz CT molecular complexity index is 828. The molecule has 0 bridgehead atoms. The molecular formula is C16H19BrN6O2S. The van der Waals surface area contributed by atoms with Gasteiger partial charge >= 0.3 is 5.69 Å². The van der Waals surface area contributed by atoms with Crippen LogP contribution in [-0.4, -0.2) is 33.1 Å². The lowest BCUT2D eigenvalue weighted by atomic mass is 10.3. The lowest BCUT2D eigenvalue weighted by Gasteiger charge is -2.20. The molecule has 1 heterocycles. The van der Waals surface area contributed by atoms with E-state index in [1.807, 2.05) is 43.0 Å². The van der Waals surface area contributed by atoms with Crippen LogP contribution in [0.3, 0.4) is 0 Å². The third-order valence-electron chi connectivity index (χ3n) is 3.59. The van der Waals surface area contributed by atoms with Crippen molar-refractivity contribution in [1.29, 1.82) is 0 Å². The fourth-order valence-corrected chi connectivity index (χ4v) is 2.96. The van der Waals surface area contributed by atoms with Crippen molar-refractivity contribution in [1.82, 2.24) is 9.97 Å². The molecule has 0 unspecified atom stereocenters. The van der Waals surface area contributed by atoms with Crippen LogP contribution in [0.25, 0.3) is 0 Å². The van der Waals surface area contributed by atoms with Gasteiger partial charge in [-0.1, -0.05) is 22.0 Å². The van der Waals surface area contributed by atoms with E-state index in [-0.39, 0.29) is 22.3 Å². The molecule has 0 aliphatic rings. The van der Waals surface area contributed by atoms with Crippen LogP contribution in [0.4, 0.5) is 23.1 Å². The van der Waals surface area contributed by atoms with E-state index in [1.165, 1.54) is 0 Å². The van der Waals surface area contributed by atoms with Gasteiger partial charge in [-0.05, 0) is 51.2 Å². The minimum Gasteiger partial charge on any atom is -0.341 e. The Hall–Kier alpha value is -2.33. The molecule has 0 spiro atoms. The van der Waals surface area contributed by atoms with Crippen molar-refractivity contribution in [2.45, 2.75) is 20.8 Å². The Morgan fingerprint density at radius 2 is 2.00 bits per heavy atom. The summed E-state index contributed by atoms with van der Waals surface area (Å²) in [5.74, 6) is 0.489. The number of nitro groups is 1. The molecular weight excluding hydrogens is 420 g/mol. The first-order chi connectivity index (χ1) is 12.3. The summed E-state index contributed by atoms with van der Waals surface area (Å²) >= 11 is 8.66. The first-order valence-corrected chi connectivity index (χ1v) is 9.17. The van der Waals surface area contributed by atoms with Gasteiger partial charge in [-0.3, -0.25) is 10.1 Å². The normalized spacial score (nSPS) is 10.3. The van der Waals surface area contributed by atoms with Gasteiger partial charge in [0.25, 0.3) is 0 Å². The molecule has 2 aromatic rings. The molecule has 0 aliphatic carbocycles. The van der Waals surface area contributed by atoms with E-state index in [9.17, 15) is 10.1 Å². The van der Waals surface area contributed by atoms with Gasteiger partial charge < -0.3 is 15.5 Å². The van der Waals surface area contributed by atoms with Gasteiger partial charge in [-0.15, -0.1) is 0 Å². The van der Waals surface area contributed by atoms with Crippen LogP contribution >= 0.6 is 28.1 Å². The number of hydrogen-bond donors (Lipinski definition) is 2. The quantitative estimate of drug-likeness (QED) is 0.395. The van der Waals surface area contributed by atoms with E-state index >= 15 is 0 Å². The Morgan fingerprint density at radius 3 is 2.58 bits per heavy atom. The van der Waals surface area contributed by atoms with E-state index in [4.69, 9.17) is 12.2 Å². The maximum Gasteiger partial charge on any atom is 0.332 e. The van der Waals surface area contributed by atoms with E-state index in [2.05, 4.69) is 36.5 Å². The summed E-state index contributed by atoms with van der Waals surface area (Å²) in [6.45, 7) is 6.90. The Kier molecular flexibility index (Phi) is 6.81. The van der Waals surface area contributed by atoms with Crippen molar-refractivity contribution in [3.8, 4) is 0 Å². The van der Waals surface area contributed by atoms with Gasteiger partial charge in [0.05, 0.1) is 4.92 Å². The van der Waals surface area contributed by atoms with Crippen LogP contribution in [0.2, 0.25) is 0 Å². The third-order valence-corrected chi connectivity index (χ3v) is 4.29. The zero-order valence-electron chi connectivity index (χ0n) is 14.6. The highest BCUT2D eigenvalue weighted by Gasteiger charge is 2.24. The highest BCUT2D eigenvalue weighted by Crippen LogP contribution is 2.28. The molecule has 0 fully saturated rings. The number of hydrogen-bond acceptors (Lipinski definition) is 6. The van der Waals surface area contributed by atoms with Crippen molar-refractivity contribution in [2.75, 3.05) is 28.6 Å². The number of nitrogens with one attached hydrogen (secondary N) is 2. The van der Waals surface area contributed by atoms with Crippen molar-refractivity contribution in [2.24, 2.45) is 0 Å². The summed E-state index contributed by atoms with van der Waals surface area (Å²) < 4.78 is 0.887. The first-order valence-electron chi connectivity index (χ1n) is 7.97. The van der Waals surface area contributed by atoms with Gasteiger partial charge in [0, 0.05) is 23.2 Å². The zero-order chi connectivity index (χ0) is 19.3. The van der Waals surface area contributed by atoms with E-state index in [1.54, 1.807) is 6.92 Å². The summed E-state index contributed by atoms with van der Waals surface area (Å²) in [6, 6.07) is 7.41. The predicted molar refractivity (Wildman–Crippen MR) is 111 cm³/mol. The lowest BCUT2D eigenvalue weighted by molar-refractivity contribution is -0.385. The summed E-state index contributed by atoms with van der Waals surface area (Å²) in [7, 11) is 0. The molecule has 0 radical (unpaired) electrons. The third kappa shape index (κ3) is 4.85. The summed E-state index contributed by atoms with van der Waals surface area (Å²) in [5, 5.41) is 17.5. The minimum absolute atomic E-state index is 0.0666. The van der Waals surface area contributed by atoms with Gasteiger partial charge in [-0.2, -0.15) is 4.98 Å². The Balaban J connectivity index is 2.33. The molecule has 0 saturated carbocycles. The minimum atomic E-state index is -0.509. The largest absolute Gasteiger partial charge is 0.341 e. The maximum atomic E-state index is 11.4. The van der Waals surface area contributed by atoms with Crippen molar-refractivity contribution >= 4 is 56.4 Å². The Labute approximate surface area is 165 Å². The highest BCUT2D eigenvalue weighted by molar-refractivity contribution is 9.10. The number of halogens is 1. The summed E-state index contributed by atoms with van der Waals surface area (Å²) in [4.78, 5) is 21.4. The molecule has 1 aromatic carbocycles. The molecule has 1 aromatic heterocycles. The van der Waals surface area contributed by atoms with Crippen LogP contribution in [0.5, 0.6) is 0 Å². The van der Waals surface area contributed by atoms with E-state index in [0.29, 0.717) is 19.0 Å². The highest BCUT2D eigenvalue weighted by atomic mass is 79.9. The second-order valence-electron chi connectivity index (χ2n) is 5.33. The van der Waals surface area contributed by atoms with Gasteiger partial charge in [0.1, 0.15) is 5.69 Å². The molecule has 0 saturated heterocycles. The number of anilines is 3. The zero-order valence-corrected chi connectivity index (χ0v) is 17.0. The molecule has 2 N–H and O–H groups in total. The van der Waals surface area contributed by atoms with E-state index in [0.717, 1.165) is 10.2 Å². The SMILES string of the molecule is CCN(CC)c1nc(C)c([N+](=O)[O-])c(NC(=S)Nc2cccc(Br)c2)n1. The number of nitrogens with zero attached hydrogens (tertiary/aromatic N) is 4. The average Bonchev–Trinajstić information content (AvgIpc) is 2.55. The average molecular weight is 439 g/mol. The predicted octanol–water partition coefficient (Wildman–Crippen LogP) is 4.11. The smallest absolute Gasteiger partial charge is 0.332 e. The topological polar surface area (TPSA) is 96.2 Å². The Morgan fingerprint density at radius 1 is 1.31 bits per heavy atom. The molecule has 2 rings (SSSR count). The fraction of sp³-hybridized carbons (Fsp3) is 0.312. The number of aryl methyl sites for hydroxylation is 1. The van der Waals surface area contributed by atoms with Gasteiger partial charge in [-0.25, -0.2) is 4.98 Å². The van der Waals surface area contributed by atoms with Crippen molar-refractivity contribution < 1.29 is 4.92 Å². The summed E-state index contributed by atoms with van der Waals surface area (Å²) in [6.07, 6.45) is 0. The van der Waals surface area contributed by atoms with Gasteiger partial charge in [0.15, 0.2) is 5.11 Å². The standard InChI is InChI=1S/C16H19BrN6O2S/c1-4-22(5-2)15-18-10(3)13(23(24)25)14(20-15)21-16(26)19-12-8-6-7-11(17)9-12/h6-9H,4-5H2,1-3H3,(H2,18,19,20,21,26). The number of aromatic nitrogens is 2. The number of thiocarbonyl (C=S) groups is 1. The first kappa shape index (κ1) is 20.0. The molecule has 8 nitrogen and oxygen atoms in total. The summed E-state index contributed by atoms with van der Waals surface area (Å²) in [5.41, 5.74) is 0.827. The maximum absolute atomic E-state index is 11.4. The monoisotopic (exact) mass is 438 g/mol. The second-order valence-corrected chi connectivity index (χ2v) is 6.65. The fourth-order valence-electron chi connectivity index (χ4n) is 2.34. The molecule has 0 atom stereocenters. The number of rotatable bonds is 6. The van der Waals surface area contributed by atoms with Crippen LogP contribution in [0.1, 0.15) is 19.5 Å². The van der Waals surface area contributed by atoms with Crippen molar-refractivity contribution in [3.05, 3.63) is 44.5 Å². The van der Waals surface area contributed by atoms with Crippen LogP contribution in [0.15, 0.2) is 28.7 Å². The molecule has 0 amide bonds. The molecule has 10 heteroatoms. The second kappa shape index (κ2) is 8.86.